The van der Waals surface area contributed by atoms with E-state index in [-0.39, 0.29) is 11.7 Å². The van der Waals surface area contributed by atoms with E-state index in [0.717, 1.165) is 17.5 Å². The number of thioether (sulfide) groups is 1. The van der Waals surface area contributed by atoms with Crippen LogP contribution in [0.5, 0.6) is 0 Å². The van der Waals surface area contributed by atoms with Gasteiger partial charge in [-0.1, -0.05) is 35.0 Å². The van der Waals surface area contributed by atoms with Crippen molar-refractivity contribution in [2.75, 3.05) is 16.9 Å². The third-order valence-electron chi connectivity index (χ3n) is 3.14. The molecule has 4 N–H and O–H groups in total. The highest BCUT2D eigenvalue weighted by molar-refractivity contribution is 7.99. The second-order valence-electron chi connectivity index (χ2n) is 5.07. The average Bonchev–Trinajstić information content (AvgIpc) is 3.14. The molecule has 130 valence electrons. The van der Waals surface area contributed by atoms with Crippen molar-refractivity contribution in [3.63, 3.8) is 0 Å². The zero-order valence-corrected chi connectivity index (χ0v) is 15.3. The maximum atomic E-state index is 12.1. The van der Waals surface area contributed by atoms with Crippen LogP contribution in [0.15, 0.2) is 29.4 Å². The maximum absolute atomic E-state index is 12.1. The van der Waals surface area contributed by atoms with Crippen LogP contribution in [0.1, 0.15) is 5.69 Å². The Labute approximate surface area is 157 Å². The number of nitrogen functional groups attached to an aromatic ring is 1. The molecule has 2 heterocycles. The normalized spacial score (nSPS) is 10.8. The van der Waals surface area contributed by atoms with Gasteiger partial charge in [-0.2, -0.15) is 5.10 Å². The van der Waals surface area contributed by atoms with Gasteiger partial charge in [0, 0.05) is 10.7 Å². The number of aromatic amines is 1. The molecular formula is C14H13Cl2N7OS. The number of carbonyl (C=O) groups excluding carboxylic acids is 1. The van der Waals surface area contributed by atoms with E-state index in [0.29, 0.717) is 32.4 Å². The van der Waals surface area contributed by atoms with Crippen LogP contribution in [0.4, 0.5) is 5.69 Å². The molecule has 2 aromatic heterocycles. The highest BCUT2D eigenvalue weighted by atomic mass is 35.5. The molecule has 0 aliphatic rings. The van der Waals surface area contributed by atoms with Gasteiger partial charge in [-0.05, 0) is 31.2 Å². The number of nitrogens with two attached hydrogens (primary N) is 1. The number of nitrogens with one attached hydrogen (secondary N) is 2. The van der Waals surface area contributed by atoms with Crippen molar-refractivity contribution in [3.8, 4) is 11.5 Å². The van der Waals surface area contributed by atoms with E-state index >= 15 is 0 Å². The maximum Gasteiger partial charge on any atom is 0.234 e. The van der Waals surface area contributed by atoms with Gasteiger partial charge in [0.1, 0.15) is 5.69 Å². The van der Waals surface area contributed by atoms with Crippen LogP contribution in [0.2, 0.25) is 10.0 Å². The van der Waals surface area contributed by atoms with Crippen LogP contribution < -0.4 is 11.2 Å². The van der Waals surface area contributed by atoms with Gasteiger partial charge in [-0.15, -0.1) is 10.2 Å². The number of aryl methyl sites for hydroxylation is 1. The van der Waals surface area contributed by atoms with Crippen LogP contribution in [0.3, 0.4) is 0 Å². The molecule has 0 atom stereocenters. The lowest BCUT2D eigenvalue weighted by atomic mass is 10.3. The number of aromatic nitrogens is 5. The monoisotopic (exact) mass is 397 g/mol. The Bertz CT molecular complexity index is 924. The average molecular weight is 398 g/mol. The quantitative estimate of drug-likeness (QED) is 0.450. The highest BCUT2D eigenvalue weighted by Crippen LogP contribution is 2.26. The zero-order valence-electron chi connectivity index (χ0n) is 13.0. The molecule has 0 aliphatic carbocycles. The fraction of sp³-hybridized carbons (Fsp3) is 0.143. The lowest BCUT2D eigenvalue weighted by Gasteiger charge is -2.07. The summed E-state index contributed by atoms with van der Waals surface area (Å²) in [5.74, 6) is 6.22. The minimum Gasteiger partial charge on any atom is -0.335 e. The third kappa shape index (κ3) is 4.06. The molecule has 1 amide bonds. The van der Waals surface area contributed by atoms with Crippen LogP contribution in [0, 0.1) is 6.92 Å². The molecule has 11 heteroatoms. The molecule has 0 saturated carbocycles. The van der Waals surface area contributed by atoms with E-state index in [1.165, 1.54) is 4.68 Å². The van der Waals surface area contributed by atoms with E-state index in [2.05, 4.69) is 25.7 Å². The van der Waals surface area contributed by atoms with Gasteiger partial charge in [0.15, 0.2) is 0 Å². The summed E-state index contributed by atoms with van der Waals surface area (Å²) < 4.78 is 1.29. The molecule has 0 aliphatic heterocycles. The van der Waals surface area contributed by atoms with Crippen molar-refractivity contribution < 1.29 is 4.79 Å². The standard InChI is InChI=1S/C14H13Cl2N7OS/c1-7-4-11(20-19-7)13-21-22-14(23(13)17)25-6-12(24)18-10-3-2-8(15)5-9(10)16/h2-5H,6,17H2,1H3,(H,18,24)(H,19,20). The number of benzene rings is 1. The first kappa shape index (κ1) is 17.6. The molecule has 0 radical (unpaired) electrons. The summed E-state index contributed by atoms with van der Waals surface area (Å²) in [6.45, 7) is 1.87. The highest BCUT2D eigenvalue weighted by Gasteiger charge is 2.16. The van der Waals surface area contributed by atoms with Gasteiger partial charge in [0.05, 0.1) is 16.5 Å². The first-order chi connectivity index (χ1) is 11.9. The molecule has 3 rings (SSSR count). The molecule has 1 aromatic carbocycles. The van der Waals surface area contributed by atoms with Crippen LogP contribution in [-0.4, -0.2) is 36.7 Å². The van der Waals surface area contributed by atoms with Crippen LogP contribution in [0.25, 0.3) is 11.5 Å². The Hall–Kier alpha value is -2.23. The second-order valence-corrected chi connectivity index (χ2v) is 6.86. The van der Waals surface area contributed by atoms with Crippen molar-refractivity contribution in [2.45, 2.75) is 12.1 Å². The Morgan fingerprint density at radius 1 is 1.36 bits per heavy atom. The number of halogens is 2. The molecule has 0 fully saturated rings. The fourth-order valence-electron chi connectivity index (χ4n) is 1.99. The first-order valence-corrected chi connectivity index (χ1v) is 8.79. The lowest BCUT2D eigenvalue weighted by Crippen LogP contribution is -2.16. The number of H-pyrrole nitrogens is 1. The predicted molar refractivity (Wildman–Crippen MR) is 98.3 cm³/mol. The molecule has 0 saturated heterocycles. The van der Waals surface area contributed by atoms with Gasteiger partial charge in [0.2, 0.25) is 16.9 Å². The molecule has 0 bridgehead atoms. The Kier molecular flexibility index (Phi) is 5.16. The van der Waals surface area contributed by atoms with Crippen molar-refractivity contribution in [2.24, 2.45) is 0 Å². The SMILES string of the molecule is Cc1cc(-c2nnc(SCC(=O)Nc3ccc(Cl)cc3Cl)n2N)n[nH]1. The minimum atomic E-state index is -0.255. The Morgan fingerprint density at radius 2 is 2.16 bits per heavy atom. The zero-order chi connectivity index (χ0) is 18.0. The number of hydrogen-bond donors (Lipinski definition) is 3. The van der Waals surface area contributed by atoms with E-state index in [4.69, 9.17) is 29.0 Å². The predicted octanol–water partition coefficient (Wildman–Crippen LogP) is 2.73. The summed E-state index contributed by atoms with van der Waals surface area (Å²) >= 11 is 13.0. The topological polar surface area (TPSA) is 115 Å². The number of nitrogens with zero attached hydrogens (tertiary/aromatic N) is 4. The molecular weight excluding hydrogens is 385 g/mol. The van der Waals surface area contributed by atoms with Crippen molar-refractivity contribution in [1.82, 2.24) is 25.1 Å². The van der Waals surface area contributed by atoms with E-state index in [9.17, 15) is 4.79 Å². The summed E-state index contributed by atoms with van der Waals surface area (Å²) in [6.07, 6.45) is 0. The van der Waals surface area contributed by atoms with Gasteiger partial charge in [-0.3, -0.25) is 9.89 Å². The first-order valence-electron chi connectivity index (χ1n) is 7.04. The van der Waals surface area contributed by atoms with Gasteiger partial charge < -0.3 is 11.2 Å². The third-order valence-corrected chi connectivity index (χ3v) is 4.63. The summed E-state index contributed by atoms with van der Waals surface area (Å²) in [5, 5.41) is 18.8. The Balaban J connectivity index is 1.63. The molecule has 8 nitrogen and oxygen atoms in total. The number of anilines is 1. The Morgan fingerprint density at radius 3 is 2.84 bits per heavy atom. The lowest BCUT2D eigenvalue weighted by molar-refractivity contribution is -0.113. The molecule has 25 heavy (non-hydrogen) atoms. The van der Waals surface area contributed by atoms with Gasteiger partial charge in [0.25, 0.3) is 0 Å². The number of hydrogen-bond acceptors (Lipinski definition) is 6. The molecule has 0 unspecified atom stereocenters. The summed E-state index contributed by atoms with van der Waals surface area (Å²) in [6, 6.07) is 6.64. The summed E-state index contributed by atoms with van der Waals surface area (Å²) in [4.78, 5) is 12.1. The fourth-order valence-corrected chi connectivity index (χ4v) is 3.10. The van der Waals surface area contributed by atoms with Crippen molar-refractivity contribution in [3.05, 3.63) is 40.0 Å². The smallest absolute Gasteiger partial charge is 0.234 e. The number of rotatable bonds is 5. The van der Waals surface area contributed by atoms with Gasteiger partial charge >= 0.3 is 0 Å². The van der Waals surface area contributed by atoms with Crippen LogP contribution in [-0.2, 0) is 4.79 Å². The van der Waals surface area contributed by atoms with Crippen molar-refractivity contribution in [1.29, 1.82) is 0 Å². The van der Waals surface area contributed by atoms with E-state index in [1.807, 2.05) is 6.92 Å². The summed E-state index contributed by atoms with van der Waals surface area (Å²) in [5.41, 5.74) is 1.95. The van der Waals surface area contributed by atoms with E-state index in [1.54, 1.807) is 24.3 Å². The van der Waals surface area contributed by atoms with Crippen molar-refractivity contribution >= 4 is 46.6 Å². The largest absolute Gasteiger partial charge is 0.335 e. The molecule has 3 aromatic rings. The van der Waals surface area contributed by atoms with Crippen LogP contribution >= 0.6 is 35.0 Å². The van der Waals surface area contributed by atoms with Gasteiger partial charge in [-0.25, -0.2) is 4.68 Å². The minimum absolute atomic E-state index is 0.0912. The number of amides is 1. The van der Waals surface area contributed by atoms with E-state index < -0.39 is 0 Å². The summed E-state index contributed by atoms with van der Waals surface area (Å²) in [7, 11) is 0. The molecule has 0 spiro atoms. The number of carbonyl (C=O) groups is 1. The second kappa shape index (κ2) is 7.34.